The van der Waals surface area contributed by atoms with Crippen molar-refractivity contribution in [3.63, 3.8) is 0 Å². The largest absolute Gasteiger partial charge is 0.396 e. The van der Waals surface area contributed by atoms with Crippen LogP contribution in [0.1, 0.15) is 12.8 Å². The monoisotopic (exact) mass is 329 g/mol. The molecule has 0 aromatic rings. The minimum atomic E-state index is 0.197. The van der Waals surface area contributed by atoms with E-state index in [1.165, 1.54) is 13.0 Å². The number of aliphatic hydroxyl groups excluding tert-OH is 1. The van der Waals surface area contributed by atoms with Gasteiger partial charge in [0.2, 0.25) is 5.91 Å². The van der Waals surface area contributed by atoms with Crippen molar-refractivity contribution >= 4 is 17.7 Å². The third-order valence-electron chi connectivity index (χ3n) is 4.83. The van der Waals surface area contributed by atoms with E-state index in [2.05, 4.69) is 16.8 Å². The zero-order valence-corrected chi connectivity index (χ0v) is 14.9. The summed E-state index contributed by atoms with van der Waals surface area (Å²) in [5.74, 6) is 1.53. The van der Waals surface area contributed by atoms with E-state index in [1.54, 1.807) is 11.8 Å². The molecule has 2 aliphatic heterocycles. The Bertz CT molecular complexity index is 356. The number of rotatable bonds is 5. The van der Waals surface area contributed by atoms with Crippen LogP contribution < -0.4 is 0 Å². The Morgan fingerprint density at radius 3 is 2.68 bits per heavy atom. The summed E-state index contributed by atoms with van der Waals surface area (Å²) >= 11 is 1.58. The van der Waals surface area contributed by atoms with E-state index < -0.39 is 0 Å². The number of nitrogens with zero attached hydrogens (tertiary/aromatic N) is 3. The van der Waals surface area contributed by atoms with Gasteiger partial charge in [0.15, 0.2) is 0 Å². The summed E-state index contributed by atoms with van der Waals surface area (Å²) in [6, 6.07) is 0. The minimum Gasteiger partial charge on any atom is -0.396 e. The summed E-state index contributed by atoms with van der Waals surface area (Å²) in [6.07, 6.45) is 4.24. The van der Waals surface area contributed by atoms with Gasteiger partial charge in [-0.15, -0.1) is 0 Å². The van der Waals surface area contributed by atoms with Crippen molar-refractivity contribution < 1.29 is 9.90 Å². The number of likely N-dealkylation sites (N-methyl/N-ethyl adjacent to an activating group) is 1. The van der Waals surface area contributed by atoms with E-state index in [-0.39, 0.29) is 18.4 Å². The molecule has 2 fully saturated rings. The van der Waals surface area contributed by atoms with Gasteiger partial charge in [0.05, 0.1) is 5.75 Å². The van der Waals surface area contributed by atoms with Crippen LogP contribution >= 0.6 is 11.8 Å². The second kappa shape index (κ2) is 9.11. The maximum atomic E-state index is 12.2. The number of carbonyl (C=O) groups excluding carboxylic acids is 1. The first-order valence-corrected chi connectivity index (χ1v) is 9.80. The molecular formula is C16H31N3O2S. The van der Waals surface area contributed by atoms with Crippen molar-refractivity contribution in [1.82, 2.24) is 14.7 Å². The van der Waals surface area contributed by atoms with Gasteiger partial charge in [0.25, 0.3) is 0 Å². The molecule has 2 saturated heterocycles. The lowest BCUT2D eigenvalue weighted by Gasteiger charge is -2.39. The number of aliphatic hydroxyl groups is 1. The lowest BCUT2D eigenvalue weighted by molar-refractivity contribution is -0.131. The maximum Gasteiger partial charge on any atom is 0.232 e. The minimum absolute atomic E-state index is 0.197. The van der Waals surface area contributed by atoms with Gasteiger partial charge in [-0.05, 0) is 51.1 Å². The number of amides is 1. The number of hydrogen-bond donors (Lipinski definition) is 1. The molecule has 2 aliphatic rings. The number of likely N-dealkylation sites (tertiary alicyclic amines) is 1. The summed E-state index contributed by atoms with van der Waals surface area (Å²) in [5.41, 5.74) is 0. The molecule has 22 heavy (non-hydrogen) atoms. The van der Waals surface area contributed by atoms with Gasteiger partial charge in [0.1, 0.15) is 0 Å². The average molecular weight is 330 g/mol. The molecule has 0 bridgehead atoms. The highest BCUT2D eigenvalue weighted by Gasteiger charge is 2.30. The van der Waals surface area contributed by atoms with Gasteiger partial charge in [-0.3, -0.25) is 4.79 Å². The molecule has 1 N–H and O–H groups in total. The number of thioether (sulfide) groups is 1. The van der Waals surface area contributed by atoms with E-state index in [1.807, 2.05) is 11.2 Å². The van der Waals surface area contributed by atoms with Crippen LogP contribution in [-0.2, 0) is 4.79 Å². The SMILES string of the molecule is CSCC(=O)N1C[C@H](CO)C[C@H](CN2CCCN(C)CC2)C1. The molecule has 2 rings (SSSR count). The maximum absolute atomic E-state index is 12.2. The third-order valence-corrected chi connectivity index (χ3v) is 5.37. The van der Waals surface area contributed by atoms with Crippen LogP contribution in [0.2, 0.25) is 0 Å². The highest BCUT2D eigenvalue weighted by Crippen LogP contribution is 2.23. The highest BCUT2D eigenvalue weighted by molar-refractivity contribution is 7.99. The molecule has 5 nitrogen and oxygen atoms in total. The van der Waals surface area contributed by atoms with Crippen LogP contribution in [0.25, 0.3) is 0 Å². The molecule has 0 spiro atoms. The van der Waals surface area contributed by atoms with Crippen molar-refractivity contribution in [2.75, 3.05) is 71.5 Å². The van der Waals surface area contributed by atoms with Gasteiger partial charge < -0.3 is 19.8 Å². The van der Waals surface area contributed by atoms with Crippen LogP contribution in [-0.4, -0.2) is 97.2 Å². The molecule has 0 aromatic heterocycles. The van der Waals surface area contributed by atoms with Crippen molar-refractivity contribution in [2.24, 2.45) is 11.8 Å². The summed E-state index contributed by atoms with van der Waals surface area (Å²) in [4.78, 5) is 19.1. The predicted octanol–water partition coefficient (Wildman–Crippen LogP) is 0.444. The fraction of sp³-hybridized carbons (Fsp3) is 0.938. The number of carbonyl (C=O) groups is 1. The second-order valence-corrected chi connectivity index (χ2v) is 7.71. The van der Waals surface area contributed by atoms with Crippen molar-refractivity contribution in [3.05, 3.63) is 0 Å². The van der Waals surface area contributed by atoms with Crippen LogP contribution in [0.4, 0.5) is 0 Å². The molecule has 128 valence electrons. The first kappa shape index (κ1) is 18.0. The molecule has 0 unspecified atom stereocenters. The van der Waals surface area contributed by atoms with Crippen molar-refractivity contribution in [2.45, 2.75) is 12.8 Å². The van der Waals surface area contributed by atoms with E-state index in [0.29, 0.717) is 11.7 Å². The molecule has 0 aliphatic carbocycles. The zero-order chi connectivity index (χ0) is 15.9. The van der Waals surface area contributed by atoms with Crippen LogP contribution in [0.15, 0.2) is 0 Å². The third kappa shape index (κ3) is 5.41. The molecular weight excluding hydrogens is 298 g/mol. The molecule has 1 amide bonds. The fourth-order valence-electron chi connectivity index (χ4n) is 3.65. The van der Waals surface area contributed by atoms with Crippen LogP contribution in [0, 0.1) is 11.8 Å². The first-order valence-electron chi connectivity index (χ1n) is 8.40. The first-order chi connectivity index (χ1) is 10.6. The highest BCUT2D eigenvalue weighted by atomic mass is 32.2. The Hall–Kier alpha value is -0.300. The molecule has 2 atom stereocenters. The van der Waals surface area contributed by atoms with Crippen LogP contribution in [0.3, 0.4) is 0 Å². The normalized spacial score (nSPS) is 28.6. The Labute approximate surface area is 139 Å². The van der Waals surface area contributed by atoms with E-state index >= 15 is 0 Å². The molecule has 2 heterocycles. The van der Waals surface area contributed by atoms with E-state index in [0.717, 1.165) is 45.7 Å². The smallest absolute Gasteiger partial charge is 0.232 e. The molecule has 0 aromatic carbocycles. The van der Waals surface area contributed by atoms with Gasteiger partial charge in [0, 0.05) is 39.3 Å². The molecule has 6 heteroatoms. The Morgan fingerprint density at radius 1 is 1.18 bits per heavy atom. The Balaban J connectivity index is 1.89. The van der Waals surface area contributed by atoms with E-state index in [9.17, 15) is 9.90 Å². The Morgan fingerprint density at radius 2 is 1.95 bits per heavy atom. The molecule has 0 radical (unpaired) electrons. The average Bonchev–Trinajstić information content (AvgIpc) is 2.72. The van der Waals surface area contributed by atoms with Crippen molar-refractivity contribution in [1.29, 1.82) is 0 Å². The van der Waals surface area contributed by atoms with Crippen molar-refractivity contribution in [3.8, 4) is 0 Å². The lowest BCUT2D eigenvalue weighted by atomic mass is 9.89. The quantitative estimate of drug-likeness (QED) is 0.793. The summed E-state index contributed by atoms with van der Waals surface area (Å²) in [5, 5.41) is 9.56. The van der Waals surface area contributed by atoms with Gasteiger partial charge >= 0.3 is 0 Å². The van der Waals surface area contributed by atoms with Crippen LogP contribution in [0.5, 0.6) is 0 Å². The Kier molecular flexibility index (Phi) is 7.47. The topological polar surface area (TPSA) is 47.0 Å². The second-order valence-electron chi connectivity index (χ2n) is 6.84. The van der Waals surface area contributed by atoms with Gasteiger partial charge in [-0.1, -0.05) is 0 Å². The summed E-state index contributed by atoms with van der Waals surface area (Å²) in [6.45, 7) is 7.44. The summed E-state index contributed by atoms with van der Waals surface area (Å²) in [7, 11) is 2.19. The van der Waals surface area contributed by atoms with E-state index in [4.69, 9.17) is 0 Å². The standard InChI is InChI=1S/C16H31N3O2S/c1-17-4-3-5-18(7-6-17)9-14-8-15(12-20)11-19(10-14)16(21)13-22-2/h14-15,20H,3-13H2,1-2H3/t14-,15-/m1/s1. The summed E-state index contributed by atoms with van der Waals surface area (Å²) < 4.78 is 0. The number of piperidine rings is 1. The molecule has 0 saturated carbocycles. The fourth-order valence-corrected chi connectivity index (χ4v) is 4.08. The predicted molar refractivity (Wildman–Crippen MR) is 92.2 cm³/mol. The zero-order valence-electron chi connectivity index (χ0n) is 14.0. The van der Waals surface area contributed by atoms with Gasteiger partial charge in [-0.2, -0.15) is 11.8 Å². The number of hydrogen-bond acceptors (Lipinski definition) is 5. The van der Waals surface area contributed by atoms with Gasteiger partial charge in [-0.25, -0.2) is 0 Å². The lowest BCUT2D eigenvalue weighted by Crippen LogP contribution is -2.48.